The third-order valence-corrected chi connectivity index (χ3v) is 1.73. The van der Waals surface area contributed by atoms with Crippen molar-refractivity contribution in [1.82, 2.24) is 15.2 Å². The van der Waals surface area contributed by atoms with Gasteiger partial charge in [0.2, 0.25) is 0 Å². The van der Waals surface area contributed by atoms with E-state index in [1.54, 1.807) is 12.1 Å². The van der Waals surface area contributed by atoms with Crippen molar-refractivity contribution in [2.24, 2.45) is 16.1 Å². The Hall–Kier alpha value is -1.92. The summed E-state index contributed by atoms with van der Waals surface area (Å²) in [6.07, 6.45) is 2.30. The molecule has 0 saturated heterocycles. The van der Waals surface area contributed by atoms with Gasteiger partial charge in [0.15, 0.2) is 5.82 Å². The van der Waals surface area contributed by atoms with Crippen LogP contribution in [-0.2, 0) is 0 Å². The van der Waals surface area contributed by atoms with Gasteiger partial charge in [0.05, 0.1) is 6.20 Å². The van der Waals surface area contributed by atoms with Crippen LogP contribution in [0.3, 0.4) is 0 Å². The lowest BCUT2D eigenvalue weighted by Crippen LogP contribution is -2.11. The van der Waals surface area contributed by atoms with Crippen LogP contribution in [0.5, 0.6) is 0 Å². The summed E-state index contributed by atoms with van der Waals surface area (Å²) in [5.41, 5.74) is 5.35. The highest BCUT2D eigenvalue weighted by molar-refractivity contribution is 5.96. The van der Waals surface area contributed by atoms with Crippen LogP contribution in [0.25, 0.3) is 0 Å². The van der Waals surface area contributed by atoms with Gasteiger partial charge in [-0.3, -0.25) is 14.9 Å². The molecule has 7 heteroatoms. The Morgan fingerprint density at radius 2 is 2.47 bits per heavy atom. The second-order valence-electron chi connectivity index (χ2n) is 3.07. The van der Waals surface area contributed by atoms with Crippen molar-refractivity contribution in [3.05, 3.63) is 11.8 Å². The first-order valence-electron chi connectivity index (χ1n) is 4.61. The lowest BCUT2D eigenvalue weighted by Gasteiger charge is -2.07. The second-order valence-corrected chi connectivity index (χ2v) is 3.07. The molecule has 15 heavy (non-hydrogen) atoms. The molecule has 1 rings (SSSR count). The van der Waals surface area contributed by atoms with Crippen molar-refractivity contribution in [1.29, 1.82) is 0 Å². The SMILES string of the molecule is CCCN(C)/N=N/c1[nH]ncc1C(N)=O. The standard InChI is InChI=1S/C8H14N6O/c1-3-4-14(2)13-12-8-6(7(9)15)5-10-11-8/h5H,3-4H2,1-2H3,(H2,9,15)(H,10,11)/b13-12+. The van der Waals surface area contributed by atoms with Gasteiger partial charge in [-0.25, -0.2) is 0 Å². The van der Waals surface area contributed by atoms with Crippen molar-refractivity contribution in [2.75, 3.05) is 13.6 Å². The van der Waals surface area contributed by atoms with E-state index in [0.29, 0.717) is 0 Å². The predicted molar refractivity (Wildman–Crippen MR) is 54.5 cm³/mol. The minimum Gasteiger partial charge on any atom is -0.365 e. The number of aromatic nitrogens is 2. The molecule has 3 N–H and O–H groups in total. The van der Waals surface area contributed by atoms with E-state index in [1.807, 2.05) is 6.92 Å². The molecule has 1 aromatic heterocycles. The molecule has 0 aliphatic rings. The topological polar surface area (TPSA) is 99.7 Å². The van der Waals surface area contributed by atoms with Crippen molar-refractivity contribution in [2.45, 2.75) is 13.3 Å². The van der Waals surface area contributed by atoms with Gasteiger partial charge >= 0.3 is 0 Å². The molecule has 0 fully saturated rings. The average Bonchev–Trinajstić information content (AvgIpc) is 2.63. The number of H-pyrrole nitrogens is 1. The number of carbonyl (C=O) groups excluding carboxylic acids is 1. The number of nitrogens with one attached hydrogen (secondary N) is 1. The van der Waals surface area contributed by atoms with Crippen LogP contribution in [0.2, 0.25) is 0 Å². The van der Waals surface area contributed by atoms with E-state index in [0.717, 1.165) is 13.0 Å². The minimum atomic E-state index is -0.573. The Morgan fingerprint density at radius 1 is 1.73 bits per heavy atom. The highest BCUT2D eigenvalue weighted by Crippen LogP contribution is 2.14. The number of amides is 1. The molecule has 0 spiro atoms. The summed E-state index contributed by atoms with van der Waals surface area (Å²) in [6, 6.07) is 0. The monoisotopic (exact) mass is 210 g/mol. The smallest absolute Gasteiger partial charge is 0.254 e. The fourth-order valence-electron chi connectivity index (χ4n) is 1.03. The van der Waals surface area contributed by atoms with E-state index >= 15 is 0 Å². The molecule has 0 bridgehead atoms. The van der Waals surface area contributed by atoms with Gasteiger partial charge in [-0.1, -0.05) is 12.1 Å². The molecule has 0 saturated carbocycles. The first-order chi connectivity index (χ1) is 7.15. The molecule has 1 amide bonds. The molecular formula is C8H14N6O. The summed E-state index contributed by atoms with van der Waals surface area (Å²) >= 11 is 0. The van der Waals surface area contributed by atoms with Crippen LogP contribution in [0, 0.1) is 0 Å². The number of aromatic amines is 1. The lowest BCUT2D eigenvalue weighted by molar-refractivity contribution is 0.100. The lowest BCUT2D eigenvalue weighted by atomic mass is 10.3. The summed E-state index contributed by atoms with van der Waals surface area (Å²) in [5, 5.41) is 15.6. The van der Waals surface area contributed by atoms with E-state index in [2.05, 4.69) is 20.5 Å². The van der Waals surface area contributed by atoms with Crippen LogP contribution >= 0.6 is 0 Å². The van der Waals surface area contributed by atoms with Gasteiger partial charge in [-0.05, 0) is 6.42 Å². The van der Waals surface area contributed by atoms with Gasteiger partial charge in [0.1, 0.15) is 5.56 Å². The second kappa shape index (κ2) is 5.08. The van der Waals surface area contributed by atoms with E-state index in [9.17, 15) is 4.79 Å². The van der Waals surface area contributed by atoms with Gasteiger partial charge in [-0.15, -0.1) is 5.11 Å². The highest BCUT2D eigenvalue weighted by atomic mass is 16.1. The number of hydrogen-bond acceptors (Lipinski definition) is 4. The van der Waals surface area contributed by atoms with Crippen LogP contribution < -0.4 is 5.73 Å². The first-order valence-corrected chi connectivity index (χ1v) is 4.61. The zero-order valence-electron chi connectivity index (χ0n) is 8.77. The summed E-state index contributed by atoms with van der Waals surface area (Å²) in [6.45, 7) is 2.83. The van der Waals surface area contributed by atoms with Gasteiger partial charge in [-0.2, -0.15) is 5.10 Å². The molecule has 0 aromatic carbocycles. The van der Waals surface area contributed by atoms with E-state index in [4.69, 9.17) is 5.73 Å². The van der Waals surface area contributed by atoms with Crippen molar-refractivity contribution < 1.29 is 4.79 Å². The molecule has 1 heterocycles. The number of primary amides is 1. The fraction of sp³-hybridized carbons (Fsp3) is 0.500. The normalized spacial score (nSPS) is 10.8. The maximum atomic E-state index is 10.9. The van der Waals surface area contributed by atoms with Crippen LogP contribution in [0.4, 0.5) is 5.82 Å². The molecular weight excluding hydrogens is 196 g/mol. The summed E-state index contributed by atoms with van der Waals surface area (Å²) in [5.74, 6) is -0.290. The molecule has 0 aliphatic carbocycles. The maximum absolute atomic E-state index is 10.9. The Bertz CT molecular complexity index is 358. The first kappa shape index (κ1) is 11.2. The Balaban J connectivity index is 2.71. The fourth-order valence-corrected chi connectivity index (χ4v) is 1.03. The van der Waals surface area contributed by atoms with Gasteiger partial charge < -0.3 is 5.73 Å². The number of nitrogens with two attached hydrogens (primary N) is 1. The quantitative estimate of drug-likeness (QED) is 0.556. The van der Waals surface area contributed by atoms with Crippen LogP contribution in [-0.4, -0.2) is 34.7 Å². The number of rotatable bonds is 5. The third-order valence-electron chi connectivity index (χ3n) is 1.73. The minimum absolute atomic E-state index is 0.239. The van der Waals surface area contributed by atoms with Crippen molar-refractivity contribution in [3.8, 4) is 0 Å². The molecule has 0 aliphatic heterocycles. The number of nitrogens with zero attached hydrogens (tertiary/aromatic N) is 4. The van der Waals surface area contributed by atoms with E-state index in [1.165, 1.54) is 6.20 Å². The molecule has 0 atom stereocenters. The van der Waals surface area contributed by atoms with Crippen molar-refractivity contribution >= 4 is 11.7 Å². The maximum Gasteiger partial charge on any atom is 0.254 e. The van der Waals surface area contributed by atoms with Gasteiger partial charge in [0, 0.05) is 13.6 Å². The van der Waals surface area contributed by atoms with Crippen LogP contribution in [0.15, 0.2) is 16.5 Å². The molecule has 7 nitrogen and oxygen atoms in total. The van der Waals surface area contributed by atoms with E-state index in [-0.39, 0.29) is 11.4 Å². The molecule has 1 aromatic rings. The molecule has 0 radical (unpaired) electrons. The highest BCUT2D eigenvalue weighted by Gasteiger charge is 2.09. The molecule has 82 valence electrons. The Kier molecular flexibility index (Phi) is 3.78. The van der Waals surface area contributed by atoms with E-state index < -0.39 is 5.91 Å². The molecule has 0 unspecified atom stereocenters. The predicted octanol–water partition coefficient (Wildman–Crippen LogP) is 0.849. The Morgan fingerprint density at radius 3 is 3.07 bits per heavy atom. The van der Waals surface area contributed by atoms with Crippen molar-refractivity contribution in [3.63, 3.8) is 0 Å². The average molecular weight is 210 g/mol. The number of carbonyl (C=O) groups is 1. The Labute approximate surface area is 87.3 Å². The zero-order valence-corrected chi connectivity index (χ0v) is 8.77. The largest absolute Gasteiger partial charge is 0.365 e. The van der Waals surface area contributed by atoms with Crippen LogP contribution in [0.1, 0.15) is 23.7 Å². The zero-order chi connectivity index (χ0) is 11.3. The third kappa shape index (κ3) is 3.04. The summed E-state index contributed by atoms with van der Waals surface area (Å²) < 4.78 is 0. The summed E-state index contributed by atoms with van der Waals surface area (Å²) in [7, 11) is 1.80. The van der Waals surface area contributed by atoms with Gasteiger partial charge in [0.25, 0.3) is 5.91 Å². The summed E-state index contributed by atoms with van der Waals surface area (Å²) in [4.78, 5) is 10.9. The number of hydrogen-bond donors (Lipinski definition) is 2.